The van der Waals surface area contributed by atoms with E-state index in [0.717, 1.165) is 25.9 Å². The van der Waals surface area contributed by atoms with Crippen LogP contribution in [0.5, 0.6) is 0 Å². The van der Waals surface area contributed by atoms with Gasteiger partial charge in [-0.15, -0.1) is 0 Å². The van der Waals surface area contributed by atoms with Gasteiger partial charge in [-0.05, 0) is 38.8 Å². The van der Waals surface area contributed by atoms with Gasteiger partial charge in [0.2, 0.25) is 11.8 Å². The molecule has 2 fully saturated rings. The zero-order valence-electron chi connectivity index (χ0n) is 15.8. The monoisotopic (exact) mass is 337 g/mol. The predicted octanol–water partition coefficient (Wildman–Crippen LogP) is 2.26. The summed E-state index contributed by atoms with van der Waals surface area (Å²) in [5.41, 5.74) is -0.331. The van der Waals surface area contributed by atoms with E-state index in [1.165, 1.54) is 38.8 Å². The van der Waals surface area contributed by atoms with Gasteiger partial charge in [0.15, 0.2) is 0 Å². The van der Waals surface area contributed by atoms with E-state index in [4.69, 9.17) is 0 Å². The summed E-state index contributed by atoms with van der Waals surface area (Å²) in [5.74, 6) is 0.438. The first-order valence-corrected chi connectivity index (χ1v) is 9.67. The highest BCUT2D eigenvalue weighted by molar-refractivity contribution is 5.82. The van der Waals surface area contributed by atoms with Gasteiger partial charge in [-0.1, -0.05) is 33.6 Å². The van der Waals surface area contributed by atoms with E-state index in [-0.39, 0.29) is 23.1 Å². The fourth-order valence-corrected chi connectivity index (χ4v) is 3.66. The lowest BCUT2D eigenvalue weighted by molar-refractivity contribution is -0.142. The van der Waals surface area contributed by atoms with Gasteiger partial charge in [-0.3, -0.25) is 9.59 Å². The van der Waals surface area contributed by atoms with Crippen molar-refractivity contribution in [2.75, 3.05) is 39.3 Å². The van der Waals surface area contributed by atoms with Gasteiger partial charge in [-0.2, -0.15) is 0 Å². The number of carbonyl (C=O) groups is 2. The molecule has 0 aromatic carbocycles. The van der Waals surface area contributed by atoms with E-state index < -0.39 is 0 Å². The SMILES string of the molecule is CC(C)(C)C(=O)N1CCC(C(=O)NCCN2CCCCCC2)CC1. The van der Waals surface area contributed by atoms with Crippen LogP contribution in [0, 0.1) is 11.3 Å². The van der Waals surface area contributed by atoms with Crippen molar-refractivity contribution in [2.24, 2.45) is 11.3 Å². The second-order valence-corrected chi connectivity index (χ2v) is 8.36. The molecule has 24 heavy (non-hydrogen) atoms. The standard InChI is InChI=1S/C19H35N3O2/c1-19(2,3)18(24)22-13-8-16(9-14-22)17(23)20-10-15-21-11-6-4-5-7-12-21/h16H,4-15H2,1-3H3,(H,20,23). The molecule has 1 N–H and O–H groups in total. The molecule has 0 saturated carbocycles. The van der Waals surface area contributed by atoms with Crippen molar-refractivity contribution in [3.8, 4) is 0 Å². The second-order valence-electron chi connectivity index (χ2n) is 8.36. The minimum Gasteiger partial charge on any atom is -0.355 e. The Balaban J connectivity index is 1.66. The molecule has 0 unspecified atom stereocenters. The third-order valence-corrected chi connectivity index (χ3v) is 5.22. The molecule has 5 heteroatoms. The molecule has 2 amide bonds. The van der Waals surface area contributed by atoms with Crippen LogP contribution in [0.3, 0.4) is 0 Å². The summed E-state index contributed by atoms with van der Waals surface area (Å²) in [6.45, 7) is 11.3. The highest BCUT2D eigenvalue weighted by Gasteiger charge is 2.32. The van der Waals surface area contributed by atoms with Crippen molar-refractivity contribution in [1.29, 1.82) is 0 Å². The van der Waals surface area contributed by atoms with E-state index in [1.807, 2.05) is 25.7 Å². The molecule has 0 spiro atoms. The molecule has 0 radical (unpaired) electrons. The molecule has 0 atom stereocenters. The third kappa shape index (κ3) is 5.76. The lowest BCUT2D eigenvalue weighted by Gasteiger charge is -2.35. The van der Waals surface area contributed by atoms with Gasteiger partial charge >= 0.3 is 0 Å². The number of rotatable bonds is 4. The van der Waals surface area contributed by atoms with E-state index in [0.29, 0.717) is 13.1 Å². The molecule has 0 aliphatic carbocycles. The Kier molecular flexibility index (Phi) is 7.08. The highest BCUT2D eigenvalue weighted by atomic mass is 16.2. The Bertz CT molecular complexity index is 415. The number of carbonyl (C=O) groups excluding carboxylic acids is 2. The molecule has 2 aliphatic rings. The van der Waals surface area contributed by atoms with Crippen molar-refractivity contribution in [1.82, 2.24) is 15.1 Å². The topological polar surface area (TPSA) is 52.7 Å². The van der Waals surface area contributed by atoms with Crippen LogP contribution in [-0.2, 0) is 9.59 Å². The second kappa shape index (κ2) is 8.84. The third-order valence-electron chi connectivity index (χ3n) is 5.22. The largest absolute Gasteiger partial charge is 0.355 e. The molecule has 0 aromatic heterocycles. The number of likely N-dealkylation sites (tertiary alicyclic amines) is 2. The van der Waals surface area contributed by atoms with Crippen LogP contribution in [0.25, 0.3) is 0 Å². The number of hydrogen-bond acceptors (Lipinski definition) is 3. The lowest BCUT2D eigenvalue weighted by Crippen LogP contribution is -2.47. The molecule has 2 aliphatic heterocycles. The number of piperidine rings is 1. The van der Waals surface area contributed by atoms with E-state index in [9.17, 15) is 9.59 Å². The number of amides is 2. The minimum absolute atomic E-state index is 0.0677. The van der Waals surface area contributed by atoms with Gasteiger partial charge in [-0.25, -0.2) is 0 Å². The zero-order valence-corrected chi connectivity index (χ0v) is 15.8. The van der Waals surface area contributed by atoms with Crippen LogP contribution in [0.15, 0.2) is 0 Å². The van der Waals surface area contributed by atoms with Gasteiger partial charge in [0.1, 0.15) is 0 Å². The van der Waals surface area contributed by atoms with E-state index in [1.54, 1.807) is 0 Å². The normalized spacial score (nSPS) is 21.4. The summed E-state index contributed by atoms with van der Waals surface area (Å²) >= 11 is 0. The van der Waals surface area contributed by atoms with E-state index in [2.05, 4.69) is 10.2 Å². The fourth-order valence-electron chi connectivity index (χ4n) is 3.66. The molecule has 2 saturated heterocycles. The molecule has 5 nitrogen and oxygen atoms in total. The summed E-state index contributed by atoms with van der Waals surface area (Å²) in [4.78, 5) is 29.0. The minimum atomic E-state index is -0.331. The molecule has 2 rings (SSSR count). The number of nitrogens with zero attached hydrogens (tertiary/aromatic N) is 2. The van der Waals surface area contributed by atoms with Crippen LogP contribution in [0.2, 0.25) is 0 Å². The van der Waals surface area contributed by atoms with Crippen LogP contribution >= 0.6 is 0 Å². The maximum absolute atomic E-state index is 12.3. The highest BCUT2D eigenvalue weighted by Crippen LogP contribution is 2.23. The van der Waals surface area contributed by atoms with Crippen LogP contribution in [-0.4, -0.2) is 60.9 Å². The summed E-state index contributed by atoms with van der Waals surface area (Å²) in [6.07, 6.45) is 6.83. The Morgan fingerprint density at radius 2 is 1.54 bits per heavy atom. The predicted molar refractivity (Wildman–Crippen MR) is 96.7 cm³/mol. The maximum atomic E-state index is 12.3. The molecule has 2 heterocycles. The van der Waals surface area contributed by atoms with Crippen molar-refractivity contribution in [3.05, 3.63) is 0 Å². The number of nitrogens with one attached hydrogen (secondary N) is 1. The molecular formula is C19H35N3O2. The number of hydrogen-bond donors (Lipinski definition) is 1. The van der Waals surface area contributed by atoms with Gasteiger partial charge < -0.3 is 15.1 Å². The Morgan fingerprint density at radius 1 is 0.958 bits per heavy atom. The smallest absolute Gasteiger partial charge is 0.227 e. The zero-order chi connectivity index (χ0) is 17.6. The van der Waals surface area contributed by atoms with Gasteiger partial charge in [0.05, 0.1) is 0 Å². The lowest BCUT2D eigenvalue weighted by atomic mass is 9.90. The fraction of sp³-hybridized carbons (Fsp3) is 0.895. The molecule has 0 bridgehead atoms. The first kappa shape index (κ1) is 19.2. The molecular weight excluding hydrogens is 302 g/mol. The average molecular weight is 338 g/mol. The Morgan fingerprint density at radius 3 is 2.08 bits per heavy atom. The summed E-state index contributed by atoms with van der Waals surface area (Å²) in [7, 11) is 0. The van der Waals surface area contributed by atoms with Crippen LogP contribution < -0.4 is 5.32 Å². The van der Waals surface area contributed by atoms with Gasteiger partial charge in [0, 0.05) is 37.5 Å². The van der Waals surface area contributed by atoms with E-state index >= 15 is 0 Å². The Hall–Kier alpha value is -1.10. The maximum Gasteiger partial charge on any atom is 0.227 e. The summed E-state index contributed by atoms with van der Waals surface area (Å²) < 4.78 is 0. The Labute approximate surface area is 147 Å². The first-order chi connectivity index (χ1) is 11.4. The summed E-state index contributed by atoms with van der Waals surface area (Å²) in [6, 6.07) is 0. The van der Waals surface area contributed by atoms with Crippen LogP contribution in [0.1, 0.15) is 59.3 Å². The van der Waals surface area contributed by atoms with Crippen molar-refractivity contribution in [2.45, 2.75) is 59.3 Å². The van der Waals surface area contributed by atoms with Crippen molar-refractivity contribution in [3.63, 3.8) is 0 Å². The first-order valence-electron chi connectivity index (χ1n) is 9.67. The van der Waals surface area contributed by atoms with Gasteiger partial charge in [0.25, 0.3) is 0 Å². The van der Waals surface area contributed by atoms with Crippen LogP contribution in [0.4, 0.5) is 0 Å². The van der Waals surface area contributed by atoms with Crippen molar-refractivity contribution >= 4 is 11.8 Å². The van der Waals surface area contributed by atoms with Crippen molar-refractivity contribution < 1.29 is 9.59 Å². The summed E-state index contributed by atoms with van der Waals surface area (Å²) in [5, 5.41) is 3.11. The quantitative estimate of drug-likeness (QED) is 0.856. The average Bonchev–Trinajstić information content (AvgIpc) is 2.82. The molecule has 138 valence electrons. The molecule has 0 aromatic rings.